The fraction of sp³-hybridized carbons (Fsp3) is 0.312. The summed E-state index contributed by atoms with van der Waals surface area (Å²) in [6, 6.07) is 9.52. The van der Waals surface area contributed by atoms with Crippen molar-refractivity contribution in [3.05, 3.63) is 58.5 Å². The Hall–Kier alpha value is -2.07. The molecule has 2 aromatic rings. The Morgan fingerprint density at radius 2 is 1.85 bits per heavy atom. The van der Waals surface area contributed by atoms with Crippen molar-refractivity contribution < 1.29 is 13.9 Å². The zero-order chi connectivity index (χ0) is 14.7. The van der Waals surface area contributed by atoms with Gasteiger partial charge in [-0.1, -0.05) is 18.2 Å². The van der Waals surface area contributed by atoms with Crippen molar-refractivity contribution in [1.82, 2.24) is 5.32 Å². The highest BCUT2D eigenvalue weighted by Gasteiger charge is 2.21. The number of rotatable bonds is 4. The maximum absolute atomic E-state index is 11.5. The molecule has 20 heavy (non-hydrogen) atoms. The number of carbonyl (C=O) groups excluding carboxylic acids is 1. The van der Waals surface area contributed by atoms with Gasteiger partial charge in [-0.2, -0.15) is 0 Å². The van der Waals surface area contributed by atoms with E-state index in [0.717, 1.165) is 0 Å². The van der Waals surface area contributed by atoms with Crippen LogP contribution in [0.3, 0.4) is 0 Å². The highest BCUT2D eigenvalue weighted by Crippen LogP contribution is 2.28. The van der Waals surface area contributed by atoms with Crippen LogP contribution in [0, 0.1) is 13.8 Å². The number of hydrogen-bond acceptors (Lipinski definition) is 4. The van der Waals surface area contributed by atoms with Crippen LogP contribution in [-0.2, 0) is 4.74 Å². The highest BCUT2D eigenvalue weighted by atomic mass is 16.5. The van der Waals surface area contributed by atoms with E-state index in [0.29, 0.717) is 5.76 Å². The van der Waals surface area contributed by atoms with Crippen molar-refractivity contribution in [2.45, 2.75) is 19.9 Å². The molecule has 1 heterocycles. The second-order valence-corrected chi connectivity index (χ2v) is 4.72. The lowest BCUT2D eigenvalue weighted by Gasteiger charge is -2.19. The lowest BCUT2D eigenvalue weighted by atomic mass is 9.95. The van der Waals surface area contributed by atoms with Gasteiger partial charge in [0.25, 0.3) is 0 Å². The molecule has 1 atom stereocenters. The molecule has 4 nitrogen and oxygen atoms in total. The van der Waals surface area contributed by atoms with Gasteiger partial charge in [0.1, 0.15) is 5.76 Å². The van der Waals surface area contributed by atoms with E-state index >= 15 is 0 Å². The predicted molar refractivity (Wildman–Crippen MR) is 76.9 cm³/mol. The standard InChI is InChI=1S/C16H19NO3/c1-10-6-5-7-11(2)14(10)15(17-3)12-8-9-13(20-12)16(18)19-4/h5-9,15,17H,1-4H3. The minimum atomic E-state index is -0.465. The topological polar surface area (TPSA) is 51.5 Å². The van der Waals surface area contributed by atoms with Crippen LogP contribution >= 0.6 is 0 Å². The Morgan fingerprint density at radius 1 is 1.20 bits per heavy atom. The van der Waals surface area contributed by atoms with Gasteiger partial charge in [0, 0.05) is 0 Å². The molecule has 0 aliphatic rings. The Morgan fingerprint density at radius 3 is 2.40 bits per heavy atom. The molecule has 0 radical (unpaired) electrons. The molecule has 0 bridgehead atoms. The van der Waals surface area contributed by atoms with E-state index in [4.69, 9.17) is 4.42 Å². The molecule has 1 unspecified atom stereocenters. The largest absolute Gasteiger partial charge is 0.463 e. The van der Waals surface area contributed by atoms with E-state index in [9.17, 15) is 4.79 Å². The molecule has 0 aliphatic carbocycles. The first kappa shape index (κ1) is 14.3. The van der Waals surface area contributed by atoms with Gasteiger partial charge in [-0.05, 0) is 49.7 Å². The summed E-state index contributed by atoms with van der Waals surface area (Å²) in [6.07, 6.45) is 0. The van der Waals surface area contributed by atoms with Gasteiger partial charge in [0.2, 0.25) is 5.76 Å². The smallest absolute Gasteiger partial charge is 0.373 e. The number of carbonyl (C=O) groups is 1. The van der Waals surface area contributed by atoms with Crippen LogP contribution in [0.5, 0.6) is 0 Å². The number of esters is 1. The van der Waals surface area contributed by atoms with Gasteiger partial charge in [0.15, 0.2) is 0 Å². The summed E-state index contributed by atoms with van der Waals surface area (Å²) >= 11 is 0. The van der Waals surface area contributed by atoms with Gasteiger partial charge < -0.3 is 14.5 Å². The molecule has 0 spiro atoms. The van der Waals surface area contributed by atoms with Crippen LogP contribution < -0.4 is 5.32 Å². The molecule has 4 heteroatoms. The molecule has 106 valence electrons. The first-order chi connectivity index (χ1) is 9.58. The van der Waals surface area contributed by atoms with Crippen LogP contribution in [0.1, 0.15) is 39.0 Å². The van der Waals surface area contributed by atoms with E-state index in [1.807, 2.05) is 13.1 Å². The molecular formula is C16H19NO3. The van der Waals surface area contributed by atoms with Crippen LogP contribution in [0.25, 0.3) is 0 Å². The third-order valence-corrected chi connectivity index (χ3v) is 3.42. The van der Waals surface area contributed by atoms with E-state index < -0.39 is 5.97 Å². The Balaban J connectivity index is 2.42. The third kappa shape index (κ3) is 2.60. The van der Waals surface area contributed by atoms with Crippen LogP contribution in [0.2, 0.25) is 0 Å². The maximum atomic E-state index is 11.5. The van der Waals surface area contributed by atoms with Crippen LogP contribution in [0.15, 0.2) is 34.7 Å². The van der Waals surface area contributed by atoms with Crippen molar-refractivity contribution in [1.29, 1.82) is 0 Å². The highest BCUT2D eigenvalue weighted by molar-refractivity contribution is 5.86. The summed E-state index contributed by atoms with van der Waals surface area (Å²) in [5.74, 6) is 0.451. The van der Waals surface area contributed by atoms with Gasteiger partial charge in [-0.3, -0.25) is 0 Å². The summed E-state index contributed by atoms with van der Waals surface area (Å²) in [4.78, 5) is 11.5. The summed E-state index contributed by atoms with van der Waals surface area (Å²) in [7, 11) is 3.21. The number of furan rings is 1. The Kier molecular flexibility index (Phi) is 4.25. The van der Waals surface area contributed by atoms with Crippen molar-refractivity contribution >= 4 is 5.97 Å². The van der Waals surface area contributed by atoms with E-state index in [1.165, 1.54) is 23.8 Å². The average molecular weight is 273 g/mol. The second kappa shape index (κ2) is 5.92. The Labute approximate surface area is 118 Å². The third-order valence-electron chi connectivity index (χ3n) is 3.42. The fourth-order valence-corrected chi connectivity index (χ4v) is 2.43. The first-order valence-corrected chi connectivity index (χ1v) is 6.50. The molecule has 2 rings (SSSR count). The number of methoxy groups -OCH3 is 1. The molecule has 1 aromatic carbocycles. The van der Waals surface area contributed by atoms with Crippen LogP contribution in [0.4, 0.5) is 0 Å². The molecule has 0 fully saturated rings. The zero-order valence-electron chi connectivity index (χ0n) is 12.2. The van der Waals surface area contributed by atoms with Gasteiger partial charge in [0.05, 0.1) is 13.2 Å². The predicted octanol–water partition coefficient (Wildman–Crippen LogP) is 2.99. The Bertz CT molecular complexity index is 596. The molecule has 0 aliphatic heterocycles. The molecular weight excluding hydrogens is 254 g/mol. The van der Waals surface area contributed by atoms with Gasteiger partial charge >= 0.3 is 5.97 Å². The van der Waals surface area contributed by atoms with Crippen molar-refractivity contribution in [2.24, 2.45) is 0 Å². The van der Waals surface area contributed by atoms with Gasteiger partial charge in [-0.15, -0.1) is 0 Å². The molecule has 0 saturated carbocycles. The number of ether oxygens (including phenoxy) is 1. The minimum absolute atomic E-state index is 0.0883. The normalized spacial score (nSPS) is 12.2. The van der Waals surface area contributed by atoms with E-state index in [2.05, 4.69) is 36.0 Å². The average Bonchev–Trinajstić information content (AvgIpc) is 2.91. The summed E-state index contributed by atoms with van der Waals surface area (Å²) < 4.78 is 10.3. The van der Waals surface area contributed by atoms with Crippen molar-refractivity contribution in [2.75, 3.05) is 14.2 Å². The van der Waals surface area contributed by atoms with E-state index in [-0.39, 0.29) is 11.8 Å². The number of hydrogen-bond donors (Lipinski definition) is 1. The summed E-state index contributed by atoms with van der Waals surface area (Å²) in [5, 5.41) is 3.24. The zero-order valence-corrected chi connectivity index (χ0v) is 12.2. The molecule has 0 saturated heterocycles. The number of aryl methyl sites for hydroxylation is 2. The second-order valence-electron chi connectivity index (χ2n) is 4.72. The lowest BCUT2D eigenvalue weighted by Crippen LogP contribution is -2.19. The minimum Gasteiger partial charge on any atom is -0.463 e. The number of benzene rings is 1. The van der Waals surface area contributed by atoms with Gasteiger partial charge in [-0.25, -0.2) is 4.79 Å². The SMILES string of the molecule is CNC(c1ccc(C(=O)OC)o1)c1c(C)cccc1C. The molecule has 1 aromatic heterocycles. The monoisotopic (exact) mass is 273 g/mol. The summed E-state index contributed by atoms with van der Waals surface area (Å²) in [5.41, 5.74) is 3.53. The molecule has 1 N–H and O–H groups in total. The lowest BCUT2D eigenvalue weighted by molar-refractivity contribution is 0.0562. The van der Waals surface area contributed by atoms with Crippen molar-refractivity contribution in [3.8, 4) is 0 Å². The number of nitrogens with one attached hydrogen (secondary N) is 1. The molecule has 0 amide bonds. The van der Waals surface area contributed by atoms with E-state index in [1.54, 1.807) is 12.1 Å². The fourth-order valence-electron chi connectivity index (χ4n) is 2.43. The maximum Gasteiger partial charge on any atom is 0.373 e. The van der Waals surface area contributed by atoms with Crippen LogP contribution in [-0.4, -0.2) is 20.1 Å². The quantitative estimate of drug-likeness (QED) is 0.870. The van der Waals surface area contributed by atoms with Crippen molar-refractivity contribution in [3.63, 3.8) is 0 Å². The first-order valence-electron chi connectivity index (χ1n) is 6.50. The summed E-state index contributed by atoms with van der Waals surface area (Å²) in [6.45, 7) is 4.13.